The number of rotatable bonds is 11. The van der Waals surface area contributed by atoms with Gasteiger partial charge >= 0.3 is 0 Å². The summed E-state index contributed by atoms with van der Waals surface area (Å²) in [5.74, 6) is 3.24. The van der Waals surface area contributed by atoms with Crippen LogP contribution < -0.4 is 24.8 Å². The van der Waals surface area contributed by atoms with Crippen molar-refractivity contribution >= 4 is 29.9 Å². The summed E-state index contributed by atoms with van der Waals surface area (Å²) in [6, 6.07) is 3.81. The van der Waals surface area contributed by atoms with Crippen molar-refractivity contribution in [2.45, 2.75) is 25.8 Å². The summed E-state index contributed by atoms with van der Waals surface area (Å²) in [7, 11) is 6.58. The van der Waals surface area contributed by atoms with Crippen molar-refractivity contribution in [3.05, 3.63) is 17.7 Å². The first-order valence-corrected chi connectivity index (χ1v) is 10.1. The van der Waals surface area contributed by atoms with Gasteiger partial charge in [-0.3, -0.25) is 4.99 Å². The van der Waals surface area contributed by atoms with Gasteiger partial charge in [0.15, 0.2) is 17.5 Å². The molecule has 30 heavy (non-hydrogen) atoms. The van der Waals surface area contributed by atoms with Gasteiger partial charge in [0, 0.05) is 52.1 Å². The number of methoxy groups -OCH3 is 3. The second-order valence-electron chi connectivity index (χ2n) is 6.83. The zero-order valence-corrected chi connectivity index (χ0v) is 20.8. The SMILES string of the molecule is CN=C(NCCCOCC1CCOCC1)NCc1ccc(OC)c(OC)c1OC.I. The van der Waals surface area contributed by atoms with Crippen molar-refractivity contribution in [2.24, 2.45) is 10.9 Å². The maximum Gasteiger partial charge on any atom is 0.203 e. The fourth-order valence-electron chi connectivity index (χ4n) is 3.25. The van der Waals surface area contributed by atoms with Crippen molar-refractivity contribution in [2.75, 3.05) is 61.3 Å². The molecule has 1 aliphatic rings. The summed E-state index contributed by atoms with van der Waals surface area (Å²) < 4.78 is 27.4. The first kappa shape index (κ1) is 26.6. The second-order valence-corrected chi connectivity index (χ2v) is 6.83. The molecule has 172 valence electrons. The maximum absolute atomic E-state index is 5.80. The van der Waals surface area contributed by atoms with E-state index in [9.17, 15) is 0 Å². The molecule has 1 heterocycles. The minimum Gasteiger partial charge on any atom is -0.493 e. The van der Waals surface area contributed by atoms with Crippen LogP contribution in [0.25, 0.3) is 0 Å². The van der Waals surface area contributed by atoms with Crippen molar-refractivity contribution in [3.8, 4) is 17.2 Å². The molecule has 2 N–H and O–H groups in total. The number of nitrogens with one attached hydrogen (secondary N) is 2. The average molecular weight is 537 g/mol. The highest BCUT2D eigenvalue weighted by Gasteiger charge is 2.16. The zero-order valence-electron chi connectivity index (χ0n) is 18.5. The largest absolute Gasteiger partial charge is 0.493 e. The molecule has 1 aliphatic heterocycles. The molecule has 0 radical (unpaired) electrons. The van der Waals surface area contributed by atoms with Gasteiger partial charge in [-0.05, 0) is 37.3 Å². The van der Waals surface area contributed by atoms with Crippen LogP contribution in [0.1, 0.15) is 24.8 Å². The van der Waals surface area contributed by atoms with Crippen LogP contribution in [0.4, 0.5) is 0 Å². The standard InChI is InChI=1S/C21H35N3O5.HI/c1-22-21(23-10-5-11-29-15-16-8-12-28-13-9-16)24-14-17-6-7-18(25-2)20(27-4)19(17)26-3;/h6-7,16H,5,8-15H2,1-4H3,(H2,22,23,24);1H. The predicted molar refractivity (Wildman–Crippen MR) is 129 cm³/mol. The zero-order chi connectivity index (χ0) is 20.9. The average Bonchev–Trinajstić information content (AvgIpc) is 2.77. The number of aliphatic imine (C=N–C) groups is 1. The highest BCUT2D eigenvalue weighted by atomic mass is 127. The normalized spacial score (nSPS) is 14.6. The lowest BCUT2D eigenvalue weighted by atomic mass is 10.0. The van der Waals surface area contributed by atoms with E-state index < -0.39 is 0 Å². The number of benzene rings is 1. The molecule has 1 fully saturated rings. The van der Waals surface area contributed by atoms with E-state index in [0.29, 0.717) is 29.7 Å². The monoisotopic (exact) mass is 537 g/mol. The molecule has 0 amide bonds. The van der Waals surface area contributed by atoms with E-state index in [1.54, 1.807) is 28.4 Å². The van der Waals surface area contributed by atoms with Gasteiger partial charge in [0.2, 0.25) is 5.75 Å². The van der Waals surface area contributed by atoms with Crippen LogP contribution in [0.5, 0.6) is 17.2 Å². The molecule has 0 saturated carbocycles. The lowest BCUT2D eigenvalue weighted by Gasteiger charge is -2.21. The molecule has 9 heteroatoms. The van der Waals surface area contributed by atoms with Crippen LogP contribution in [0, 0.1) is 5.92 Å². The number of halogens is 1. The Morgan fingerprint density at radius 2 is 1.80 bits per heavy atom. The molecule has 8 nitrogen and oxygen atoms in total. The molecular weight excluding hydrogens is 501 g/mol. The van der Waals surface area contributed by atoms with E-state index in [1.807, 2.05) is 12.1 Å². The molecule has 0 aliphatic carbocycles. The Morgan fingerprint density at radius 3 is 2.43 bits per heavy atom. The maximum atomic E-state index is 5.80. The number of nitrogens with zero attached hydrogens (tertiary/aromatic N) is 1. The molecule has 1 saturated heterocycles. The van der Waals surface area contributed by atoms with Crippen molar-refractivity contribution in [3.63, 3.8) is 0 Å². The van der Waals surface area contributed by atoms with Crippen LogP contribution in [0.2, 0.25) is 0 Å². The first-order chi connectivity index (χ1) is 14.2. The van der Waals surface area contributed by atoms with E-state index in [1.165, 1.54) is 0 Å². The third kappa shape index (κ3) is 8.35. The quantitative estimate of drug-likeness (QED) is 0.195. The molecule has 2 rings (SSSR count). The third-order valence-electron chi connectivity index (χ3n) is 4.91. The number of guanidine groups is 1. The molecular formula is C21H36IN3O5. The predicted octanol–water partition coefficient (Wildman–Crippen LogP) is 2.83. The molecule has 1 aromatic carbocycles. The van der Waals surface area contributed by atoms with Crippen LogP contribution in [-0.4, -0.2) is 67.3 Å². The van der Waals surface area contributed by atoms with Gasteiger partial charge in [0.05, 0.1) is 21.3 Å². The first-order valence-electron chi connectivity index (χ1n) is 10.1. The highest BCUT2D eigenvalue weighted by Crippen LogP contribution is 2.39. The molecule has 0 unspecified atom stereocenters. The Hall–Kier alpha value is -1.46. The Kier molecular flexibility index (Phi) is 13.6. The number of hydrogen-bond donors (Lipinski definition) is 2. The minimum absolute atomic E-state index is 0. The van der Waals surface area contributed by atoms with Crippen molar-refractivity contribution in [1.82, 2.24) is 10.6 Å². The lowest BCUT2D eigenvalue weighted by molar-refractivity contribution is 0.0203. The fraction of sp³-hybridized carbons (Fsp3) is 0.667. The van der Waals surface area contributed by atoms with E-state index in [0.717, 1.165) is 63.8 Å². The summed E-state index contributed by atoms with van der Waals surface area (Å²) in [6.45, 7) is 4.63. The van der Waals surface area contributed by atoms with Gasteiger partial charge in [0.1, 0.15) is 0 Å². The summed E-state index contributed by atoms with van der Waals surface area (Å²) in [5, 5.41) is 6.61. The van der Waals surface area contributed by atoms with Gasteiger partial charge in [0.25, 0.3) is 0 Å². The van der Waals surface area contributed by atoms with E-state index in [4.69, 9.17) is 23.7 Å². The minimum atomic E-state index is 0. The number of hydrogen-bond acceptors (Lipinski definition) is 6. The molecule has 0 bridgehead atoms. The summed E-state index contributed by atoms with van der Waals surface area (Å²) >= 11 is 0. The topological polar surface area (TPSA) is 82.6 Å². The van der Waals surface area contributed by atoms with Gasteiger partial charge in [-0.15, -0.1) is 24.0 Å². The van der Waals surface area contributed by atoms with Crippen molar-refractivity contribution in [1.29, 1.82) is 0 Å². The molecule has 0 atom stereocenters. The number of ether oxygens (including phenoxy) is 5. The smallest absolute Gasteiger partial charge is 0.203 e. The molecule has 1 aromatic rings. The van der Waals surface area contributed by atoms with E-state index >= 15 is 0 Å². The second kappa shape index (κ2) is 15.4. The Labute approximate surface area is 197 Å². The Balaban J connectivity index is 0.00000450. The molecule has 0 spiro atoms. The molecule has 0 aromatic heterocycles. The lowest BCUT2D eigenvalue weighted by Crippen LogP contribution is -2.37. The summed E-state index contributed by atoms with van der Waals surface area (Å²) in [4.78, 5) is 4.27. The van der Waals surface area contributed by atoms with Gasteiger partial charge in [-0.2, -0.15) is 0 Å². The van der Waals surface area contributed by atoms with Crippen LogP contribution >= 0.6 is 24.0 Å². The van der Waals surface area contributed by atoms with Crippen molar-refractivity contribution < 1.29 is 23.7 Å². The van der Waals surface area contributed by atoms with Gasteiger partial charge in [-0.25, -0.2) is 0 Å². The van der Waals surface area contributed by atoms with Crippen LogP contribution in [0.15, 0.2) is 17.1 Å². The summed E-state index contributed by atoms with van der Waals surface area (Å²) in [5.41, 5.74) is 0.952. The Bertz CT molecular complexity index is 639. The van der Waals surface area contributed by atoms with Crippen LogP contribution in [-0.2, 0) is 16.0 Å². The highest BCUT2D eigenvalue weighted by molar-refractivity contribution is 14.0. The van der Waals surface area contributed by atoms with Gasteiger partial charge in [-0.1, -0.05) is 0 Å². The van der Waals surface area contributed by atoms with E-state index in [-0.39, 0.29) is 24.0 Å². The summed E-state index contributed by atoms with van der Waals surface area (Å²) in [6.07, 6.45) is 3.13. The van der Waals surface area contributed by atoms with Gasteiger partial charge < -0.3 is 34.3 Å². The Morgan fingerprint density at radius 1 is 1.07 bits per heavy atom. The van der Waals surface area contributed by atoms with Crippen LogP contribution in [0.3, 0.4) is 0 Å². The van der Waals surface area contributed by atoms with E-state index in [2.05, 4.69) is 15.6 Å². The fourth-order valence-corrected chi connectivity index (χ4v) is 3.25. The third-order valence-corrected chi connectivity index (χ3v) is 4.91.